The number of aromatic nitrogens is 1. The number of nitrogens with zero attached hydrogens (tertiary/aromatic N) is 3. The molecule has 0 bridgehead atoms. The van der Waals surface area contributed by atoms with Crippen molar-refractivity contribution in [2.75, 3.05) is 47.5 Å². The van der Waals surface area contributed by atoms with Crippen LogP contribution in [0, 0.1) is 5.92 Å². The van der Waals surface area contributed by atoms with Gasteiger partial charge >= 0.3 is 5.97 Å². The van der Waals surface area contributed by atoms with Crippen molar-refractivity contribution >= 4 is 38.7 Å². The van der Waals surface area contributed by atoms with Gasteiger partial charge in [0.25, 0.3) is 5.92 Å². The SMILES string of the molecule is O=C(O)[C@@H]1CCCC[C@H]1c1nc(N2CCC(F)(F)CC2)sc1-c1ccc(N2CCS(O)(O)CC2)cc1. The second kappa shape index (κ2) is 10.1. The normalized spacial score (nSPS) is 27.0. The molecule has 0 unspecified atom stereocenters. The van der Waals surface area contributed by atoms with Crippen LogP contribution < -0.4 is 9.80 Å². The summed E-state index contributed by atoms with van der Waals surface area (Å²) in [6, 6.07) is 8.02. The maximum Gasteiger partial charge on any atom is 0.307 e. The van der Waals surface area contributed by atoms with Gasteiger partial charge in [-0.15, -0.1) is 0 Å². The van der Waals surface area contributed by atoms with E-state index >= 15 is 0 Å². The highest BCUT2D eigenvalue weighted by Gasteiger charge is 2.38. The Hall–Kier alpha value is -1.95. The Morgan fingerprint density at radius 1 is 1.00 bits per heavy atom. The first-order chi connectivity index (χ1) is 17.1. The largest absolute Gasteiger partial charge is 0.481 e. The number of thiazole rings is 1. The Kier molecular flexibility index (Phi) is 7.19. The highest BCUT2D eigenvalue weighted by Crippen LogP contribution is 2.47. The molecule has 0 radical (unpaired) electrons. The first-order valence-corrected chi connectivity index (χ1v) is 15.3. The van der Waals surface area contributed by atoms with E-state index in [0.717, 1.165) is 41.1 Å². The zero-order valence-electron chi connectivity index (χ0n) is 20.1. The Bertz CT molecular complexity index is 1080. The van der Waals surface area contributed by atoms with Crippen LogP contribution in [0.4, 0.5) is 19.6 Å². The number of carboxylic acids is 1. The number of hydrogen-bond donors (Lipinski definition) is 3. The summed E-state index contributed by atoms with van der Waals surface area (Å²) in [5, 5.41) is 10.6. The van der Waals surface area contributed by atoms with Gasteiger partial charge in [-0.3, -0.25) is 13.9 Å². The molecule has 1 saturated carbocycles. The van der Waals surface area contributed by atoms with Crippen molar-refractivity contribution in [1.82, 2.24) is 4.98 Å². The molecule has 3 aliphatic rings. The van der Waals surface area contributed by atoms with Gasteiger partial charge in [0.15, 0.2) is 5.13 Å². The third-order valence-electron chi connectivity index (χ3n) is 7.71. The van der Waals surface area contributed by atoms with Crippen molar-refractivity contribution < 1.29 is 27.8 Å². The topological polar surface area (TPSA) is 97.1 Å². The van der Waals surface area contributed by atoms with Gasteiger partial charge in [0.1, 0.15) is 0 Å². The molecule has 3 N–H and O–H groups in total. The van der Waals surface area contributed by atoms with Gasteiger partial charge in [0.2, 0.25) is 0 Å². The van der Waals surface area contributed by atoms with Crippen LogP contribution in [-0.2, 0) is 4.79 Å². The van der Waals surface area contributed by atoms with Gasteiger partial charge in [-0.25, -0.2) is 13.8 Å². The summed E-state index contributed by atoms with van der Waals surface area (Å²) in [7, 11) is -2.47. The summed E-state index contributed by atoms with van der Waals surface area (Å²) in [5.41, 5.74) is 2.72. The van der Waals surface area contributed by atoms with E-state index in [1.54, 1.807) is 0 Å². The van der Waals surface area contributed by atoms with E-state index in [-0.39, 0.29) is 31.8 Å². The summed E-state index contributed by atoms with van der Waals surface area (Å²) in [5.74, 6) is -3.41. The van der Waals surface area contributed by atoms with E-state index in [1.807, 2.05) is 29.2 Å². The number of aliphatic carboxylic acids is 1. The number of hydrogen-bond acceptors (Lipinski definition) is 7. The molecular formula is C25H33F2N3O4S2. The van der Waals surface area contributed by atoms with Gasteiger partial charge in [-0.05, 0) is 30.5 Å². The van der Waals surface area contributed by atoms with E-state index in [2.05, 4.69) is 4.90 Å². The van der Waals surface area contributed by atoms with E-state index < -0.39 is 28.4 Å². The summed E-state index contributed by atoms with van der Waals surface area (Å²) >= 11 is 1.47. The van der Waals surface area contributed by atoms with Crippen LogP contribution >= 0.6 is 21.9 Å². The van der Waals surface area contributed by atoms with Crippen LogP contribution in [0.1, 0.15) is 50.1 Å². The minimum Gasteiger partial charge on any atom is -0.481 e. The summed E-state index contributed by atoms with van der Waals surface area (Å²) in [6.07, 6.45) is 2.81. The third kappa shape index (κ3) is 5.49. The number of alkyl halides is 2. The Morgan fingerprint density at radius 3 is 2.28 bits per heavy atom. The average Bonchev–Trinajstić information content (AvgIpc) is 3.29. The molecular weight excluding hydrogens is 508 g/mol. The van der Waals surface area contributed by atoms with Gasteiger partial charge < -0.3 is 14.9 Å². The Morgan fingerprint density at radius 2 is 1.64 bits per heavy atom. The van der Waals surface area contributed by atoms with Crippen molar-refractivity contribution in [3.63, 3.8) is 0 Å². The molecule has 198 valence electrons. The molecule has 3 fully saturated rings. The fraction of sp³-hybridized carbons (Fsp3) is 0.600. The summed E-state index contributed by atoms with van der Waals surface area (Å²) < 4.78 is 47.3. The van der Waals surface area contributed by atoms with Gasteiger partial charge in [-0.1, -0.05) is 36.3 Å². The maximum atomic E-state index is 13.8. The fourth-order valence-corrected chi connectivity index (χ4v) is 7.92. The van der Waals surface area contributed by atoms with E-state index in [9.17, 15) is 27.8 Å². The molecule has 3 heterocycles. The number of piperidine rings is 1. The van der Waals surface area contributed by atoms with Gasteiger partial charge in [0.05, 0.1) is 28.0 Å². The number of carboxylic acid groups (broad SMARTS) is 1. The number of carbonyl (C=O) groups is 1. The van der Waals surface area contributed by atoms with Gasteiger partial charge in [0, 0.05) is 50.6 Å². The van der Waals surface area contributed by atoms with Crippen molar-refractivity contribution in [3.8, 4) is 10.4 Å². The zero-order valence-corrected chi connectivity index (χ0v) is 21.7. The minimum atomic E-state index is -2.64. The lowest BCUT2D eigenvalue weighted by atomic mass is 9.77. The fourth-order valence-electron chi connectivity index (χ4n) is 5.50. The molecule has 2 saturated heterocycles. The highest BCUT2D eigenvalue weighted by molar-refractivity contribution is 8.24. The van der Waals surface area contributed by atoms with Crippen molar-refractivity contribution in [2.24, 2.45) is 5.92 Å². The molecule has 0 amide bonds. The van der Waals surface area contributed by atoms with E-state index in [0.29, 0.717) is 36.1 Å². The van der Waals surface area contributed by atoms with Crippen LogP contribution in [0.25, 0.3) is 10.4 Å². The van der Waals surface area contributed by atoms with E-state index in [4.69, 9.17) is 4.98 Å². The predicted octanol–water partition coefficient (Wildman–Crippen LogP) is 5.97. The molecule has 11 heteroatoms. The van der Waals surface area contributed by atoms with Crippen molar-refractivity contribution in [1.29, 1.82) is 0 Å². The lowest BCUT2D eigenvalue weighted by molar-refractivity contribution is -0.143. The van der Waals surface area contributed by atoms with E-state index in [1.165, 1.54) is 11.3 Å². The summed E-state index contributed by atoms with van der Waals surface area (Å²) in [6.45, 7) is 1.64. The second-order valence-electron chi connectivity index (χ2n) is 10.1. The smallest absolute Gasteiger partial charge is 0.307 e. The number of benzene rings is 1. The molecule has 5 rings (SSSR count). The summed E-state index contributed by atoms with van der Waals surface area (Å²) in [4.78, 5) is 22.0. The number of halogens is 2. The molecule has 36 heavy (non-hydrogen) atoms. The quantitative estimate of drug-likeness (QED) is 0.429. The molecule has 7 nitrogen and oxygen atoms in total. The Balaban J connectivity index is 1.45. The standard InChI is InChI=1S/C25H33F2N3O4S2/c26-25(27)9-11-30(12-10-25)24-28-21(19-3-1-2-4-20(19)23(31)32)22(35-24)17-5-7-18(8-6-17)29-13-15-36(33,34)16-14-29/h5-8,19-20,33-34H,1-4,9-16H2,(H,31,32)/t19-,20-/m1/s1. The number of anilines is 2. The van der Waals surface area contributed by atoms with Crippen LogP contribution in [0.15, 0.2) is 24.3 Å². The third-order valence-corrected chi connectivity index (χ3v) is 10.6. The van der Waals surface area contributed by atoms with Gasteiger partial charge in [-0.2, -0.15) is 10.6 Å². The van der Waals surface area contributed by atoms with Crippen LogP contribution in [0.5, 0.6) is 0 Å². The molecule has 1 aromatic heterocycles. The van der Waals surface area contributed by atoms with Crippen molar-refractivity contribution in [2.45, 2.75) is 50.4 Å². The molecule has 2 aromatic rings. The highest BCUT2D eigenvalue weighted by atomic mass is 32.3. The van der Waals surface area contributed by atoms with Crippen LogP contribution in [0.2, 0.25) is 0 Å². The van der Waals surface area contributed by atoms with Crippen LogP contribution in [-0.4, -0.2) is 68.8 Å². The molecule has 2 aliphatic heterocycles. The first kappa shape index (κ1) is 25.7. The Labute approximate surface area is 215 Å². The first-order valence-electron chi connectivity index (χ1n) is 12.6. The molecule has 0 spiro atoms. The lowest BCUT2D eigenvalue weighted by Gasteiger charge is -2.41. The maximum absolute atomic E-state index is 13.8. The zero-order chi connectivity index (χ0) is 25.5. The lowest BCUT2D eigenvalue weighted by Crippen LogP contribution is -2.39. The molecule has 1 aliphatic carbocycles. The minimum absolute atomic E-state index is 0.200. The molecule has 1 aromatic carbocycles. The number of rotatable bonds is 5. The van der Waals surface area contributed by atoms with Crippen molar-refractivity contribution in [3.05, 3.63) is 30.0 Å². The predicted molar refractivity (Wildman–Crippen MR) is 141 cm³/mol. The monoisotopic (exact) mass is 541 g/mol. The van der Waals surface area contributed by atoms with Crippen LogP contribution in [0.3, 0.4) is 0 Å². The molecule has 2 atom stereocenters. The second-order valence-corrected chi connectivity index (χ2v) is 13.5. The average molecular weight is 542 g/mol.